The van der Waals surface area contributed by atoms with Crippen LogP contribution in [0.1, 0.15) is 49.4 Å². The number of benzene rings is 1. The van der Waals surface area contributed by atoms with E-state index in [4.69, 9.17) is 9.47 Å². The Bertz CT molecular complexity index is 649. The Kier molecular flexibility index (Phi) is 6.08. The molecule has 3 rings (SSSR count). The highest BCUT2D eigenvalue weighted by molar-refractivity contribution is 5.91. The molecule has 0 amide bonds. The fourth-order valence-corrected chi connectivity index (χ4v) is 3.50. The first kappa shape index (κ1) is 18.6. The summed E-state index contributed by atoms with van der Waals surface area (Å²) in [5, 5.41) is 11.5. The molecule has 0 bridgehead atoms. The summed E-state index contributed by atoms with van der Waals surface area (Å²) >= 11 is 0. The van der Waals surface area contributed by atoms with Gasteiger partial charge in [0.15, 0.2) is 0 Å². The van der Waals surface area contributed by atoms with Crippen LogP contribution < -0.4 is 4.90 Å². The van der Waals surface area contributed by atoms with Gasteiger partial charge >= 0.3 is 5.97 Å². The van der Waals surface area contributed by atoms with Crippen LogP contribution in [-0.4, -0.2) is 43.3 Å². The van der Waals surface area contributed by atoms with Crippen LogP contribution in [0.4, 0.5) is 11.4 Å². The first-order valence-corrected chi connectivity index (χ1v) is 9.36. The Morgan fingerprint density at radius 1 is 1.31 bits per heavy atom. The van der Waals surface area contributed by atoms with Gasteiger partial charge in [-0.3, -0.25) is 10.1 Å². The van der Waals surface area contributed by atoms with E-state index in [2.05, 4.69) is 6.92 Å². The summed E-state index contributed by atoms with van der Waals surface area (Å²) in [4.78, 5) is 25.4. The Labute approximate surface area is 153 Å². The van der Waals surface area contributed by atoms with Gasteiger partial charge in [-0.15, -0.1) is 0 Å². The number of nitrogens with zero attached hydrogens (tertiary/aromatic N) is 2. The predicted octanol–water partition coefficient (Wildman–Crippen LogP) is 3.56. The molecule has 2 aliphatic heterocycles. The summed E-state index contributed by atoms with van der Waals surface area (Å²) in [6.45, 7) is 4.67. The molecule has 0 aromatic heterocycles. The molecule has 0 spiro atoms. The number of esters is 1. The zero-order valence-corrected chi connectivity index (χ0v) is 15.2. The number of ether oxygens (including phenoxy) is 2. The van der Waals surface area contributed by atoms with E-state index in [0.717, 1.165) is 45.2 Å². The molecule has 26 heavy (non-hydrogen) atoms. The van der Waals surface area contributed by atoms with Crippen molar-refractivity contribution in [3.63, 3.8) is 0 Å². The molecule has 2 fully saturated rings. The maximum absolute atomic E-state index is 12.3. The van der Waals surface area contributed by atoms with E-state index >= 15 is 0 Å². The number of anilines is 1. The third-order valence-corrected chi connectivity index (χ3v) is 5.21. The number of piperidine rings is 1. The lowest BCUT2D eigenvalue weighted by atomic mass is 9.98. The van der Waals surface area contributed by atoms with E-state index < -0.39 is 10.9 Å². The van der Waals surface area contributed by atoms with Gasteiger partial charge in [-0.05, 0) is 50.2 Å². The monoisotopic (exact) mass is 362 g/mol. The third kappa shape index (κ3) is 4.52. The van der Waals surface area contributed by atoms with Gasteiger partial charge in [0.25, 0.3) is 5.69 Å². The van der Waals surface area contributed by atoms with Crippen LogP contribution in [0.5, 0.6) is 0 Å². The molecule has 1 unspecified atom stereocenters. The molecule has 1 aromatic carbocycles. The number of carbonyl (C=O) groups is 1. The summed E-state index contributed by atoms with van der Waals surface area (Å²) in [5.74, 6) is 0.0997. The Morgan fingerprint density at radius 3 is 2.73 bits per heavy atom. The number of hydrogen-bond acceptors (Lipinski definition) is 6. The highest BCUT2D eigenvalue weighted by Gasteiger charge is 2.25. The van der Waals surface area contributed by atoms with E-state index in [1.807, 2.05) is 4.90 Å². The van der Waals surface area contributed by atoms with Gasteiger partial charge in [0.1, 0.15) is 12.3 Å². The number of carbonyl (C=O) groups excluding carboxylic acids is 1. The largest absolute Gasteiger partial charge is 0.459 e. The molecule has 142 valence electrons. The van der Waals surface area contributed by atoms with Crippen LogP contribution in [0, 0.1) is 16.0 Å². The summed E-state index contributed by atoms with van der Waals surface area (Å²) in [7, 11) is 0. The van der Waals surface area contributed by atoms with Gasteiger partial charge in [-0.1, -0.05) is 6.92 Å². The molecule has 2 heterocycles. The van der Waals surface area contributed by atoms with Gasteiger partial charge in [-0.25, -0.2) is 4.79 Å². The standard InChI is InChI=1S/C19H26N2O5/c1-14-7-9-20(10-8-14)17-6-5-15(12-18(17)21(23)24)19(22)26-13-16-4-2-3-11-25-16/h5-6,12,14,16H,2-4,7-11,13H2,1H3. The Hall–Kier alpha value is -2.15. The summed E-state index contributed by atoms with van der Waals surface area (Å²) < 4.78 is 10.8. The second-order valence-corrected chi connectivity index (χ2v) is 7.22. The topological polar surface area (TPSA) is 81.9 Å². The number of rotatable bonds is 5. The average molecular weight is 362 g/mol. The predicted molar refractivity (Wildman–Crippen MR) is 97.6 cm³/mol. The summed E-state index contributed by atoms with van der Waals surface area (Å²) in [5.41, 5.74) is 0.749. The highest BCUT2D eigenvalue weighted by atomic mass is 16.6. The van der Waals surface area contributed by atoms with Crippen LogP contribution in [-0.2, 0) is 9.47 Å². The molecule has 2 saturated heterocycles. The average Bonchev–Trinajstić information content (AvgIpc) is 2.67. The third-order valence-electron chi connectivity index (χ3n) is 5.21. The van der Waals surface area contributed by atoms with Crippen molar-refractivity contribution in [2.24, 2.45) is 5.92 Å². The molecular weight excluding hydrogens is 336 g/mol. The quantitative estimate of drug-likeness (QED) is 0.452. The minimum atomic E-state index is -0.541. The van der Waals surface area contributed by atoms with Gasteiger partial charge < -0.3 is 14.4 Å². The molecule has 2 aliphatic rings. The van der Waals surface area contributed by atoms with Crippen LogP contribution in [0.25, 0.3) is 0 Å². The smallest absolute Gasteiger partial charge is 0.338 e. The van der Waals surface area contributed by atoms with Gasteiger partial charge in [0.2, 0.25) is 0 Å². The molecule has 0 saturated carbocycles. The molecule has 0 N–H and O–H groups in total. The lowest BCUT2D eigenvalue weighted by Crippen LogP contribution is -2.33. The van der Waals surface area contributed by atoms with E-state index in [1.165, 1.54) is 6.07 Å². The van der Waals surface area contributed by atoms with Crippen molar-refractivity contribution in [2.45, 2.75) is 45.1 Å². The first-order valence-electron chi connectivity index (χ1n) is 9.36. The van der Waals surface area contributed by atoms with Crippen molar-refractivity contribution in [1.82, 2.24) is 0 Å². The van der Waals surface area contributed by atoms with Gasteiger partial charge in [0.05, 0.1) is 16.6 Å². The lowest BCUT2D eigenvalue weighted by molar-refractivity contribution is -0.384. The van der Waals surface area contributed by atoms with Crippen molar-refractivity contribution in [2.75, 3.05) is 31.2 Å². The van der Waals surface area contributed by atoms with Crippen molar-refractivity contribution in [1.29, 1.82) is 0 Å². The van der Waals surface area contributed by atoms with Crippen molar-refractivity contribution in [3.05, 3.63) is 33.9 Å². The van der Waals surface area contributed by atoms with Crippen molar-refractivity contribution >= 4 is 17.3 Å². The molecule has 1 atom stereocenters. The van der Waals surface area contributed by atoms with Crippen molar-refractivity contribution < 1.29 is 19.2 Å². The van der Waals surface area contributed by atoms with Crippen LogP contribution >= 0.6 is 0 Å². The van der Waals surface area contributed by atoms with E-state index in [1.54, 1.807) is 12.1 Å². The molecule has 0 radical (unpaired) electrons. The van der Waals surface area contributed by atoms with Crippen molar-refractivity contribution in [3.8, 4) is 0 Å². The molecular formula is C19H26N2O5. The first-order chi connectivity index (χ1) is 12.5. The van der Waals surface area contributed by atoms with Gasteiger partial charge in [0, 0.05) is 25.8 Å². The lowest BCUT2D eigenvalue weighted by Gasteiger charge is -2.31. The Morgan fingerprint density at radius 2 is 2.08 bits per heavy atom. The van der Waals surface area contributed by atoms with Crippen LogP contribution in [0.3, 0.4) is 0 Å². The maximum atomic E-state index is 12.3. The number of nitro benzene ring substituents is 1. The minimum absolute atomic E-state index is 0.0390. The van der Waals surface area contributed by atoms with E-state index in [9.17, 15) is 14.9 Å². The molecule has 1 aromatic rings. The summed E-state index contributed by atoms with van der Waals surface area (Å²) in [6.07, 6.45) is 4.94. The SMILES string of the molecule is CC1CCN(c2ccc(C(=O)OCC3CCCCO3)cc2[N+](=O)[O-])CC1. The molecule has 7 nitrogen and oxygen atoms in total. The van der Waals surface area contributed by atoms with E-state index in [0.29, 0.717) is 18.2 Å². The van der Waals surface area contributed by atoms with Crippen LogP contribution in [0.2, 0.25) is 0 Å². The zero-order chi connectivity index (χ0) is 18.5. The van der Waals surface area contributed by atoms with Gasteiger partial charge in [-0.2, -0.15) is 0 Å². The minimum Gasteiger partial charge on any atom is -0.459 e. The van der Waals surface area contributed by atoms with E-state index in [-0.39, 0.29) is 24.0 Å². The second kappa shape index (κ2) is 8.49. The van der Waals surface area contributed by atoms with Crippen LogP contribution in [0.15, 0.2) is 18.2 Å². The zero-order valence-electron chi connectivity index (χ0n) is 15.2. The molecule has 0 aliphatic carbocycles. The Balaban J connectivity index is 1.69. The number of hydrogen-bond donors (Lipinski definition) is 0. The number of nitro groups is 1. The normalized spacial score (nSPS) is 21.4. The highest BCUT2D eigenvalue weighted by Crippen LogP contribution is 2.32. The fraction of sp³-hybridized carbons (Fsp3) is 0.632. The molecule has 7 heteroatoms. The fourth-order valence-electron chi connectivity index (χ4n) is 3.50. The summed E-state index contributed by atoms with van der Waals surface area (Å²) in [6, 6.07) is 4.61. The maximum Gasteiger partial charge on any atom is 0.338 e. The second-order valence-electron chi connectivity index (χ2n) is 7.22.